The summed E-state index contributed by atoms with van der Waals surface area (Å²) < 4.78 is 35.5. The minimum Gasteiger partial charge on any atom is -0.288 e. The van der Waals surface area contributed by atoms with Gasteiger partial charge >= 0.3 is 6.18 Å². The van der Waals surface area contributed by atoms with Crippen molar-refractivity contribution in [2.75, 3.05) is 0 Å². The second-order valence-corrected chi connectivity index (χ2v) is 3.17. The van der Waals surface area contributed by atoms with Gasteiger partial charge in [0, 0.05) is 0 Å². The molecule has 0 saturated carbocycles. The van der Waals surface area contributed by atoms with Crippen LogP contribution in [0.15, 0.2) is 0 Å². The molecule has 0 aliphatic carbocycles. The van der Waals surface area contributed by atoms with Crippen LogP contribution in [0.5, 0.6) is 0 Å². The number of nitriles is 1. The van der Waals surface area contributed by atoms with Gasteiger partial charge in [0.05, 0.1) is 6.07 Å². The zero-order valence-corrected chi connectivity index (χ0v) is 7.35. The van der Waals surface area contributed by atoms with Crippen LogP contribution in [0.1, 0.15) is 20.3 Å². The van der Waals surface area contributed by atoms with Crippen LogP contribution in [-0.4, -0.2) is 12.0 Å². The maximum Gasteiger partial charge on any atom is 0.451 e. The highest BCUT2D eigenvalue weighted by atomic mass is 19.4. The number of hydrogen-bond donors (Lipinski definition) is 0. The van der Waals surface area contributed by atoms with Gasteiger partial charge in [0.2, 0.25) is 0 Å². The third-order valence-electron chi connectivity index (χ3n) is 1.46. The number of Topliss-reactive ketones (excluding diaryl/α,β-unsaturated/α-hetero) is 1. The van der Waals surface area contributed by atoms with E-state index in [9.17, 15) is 18.0 Å². The van der Waals surface area contributed by atoms with Crippen LogP contribution in [0, 0.1) is 23.2 Å². The number of carbonyl (C=O) groups excluding carboxylic acids is 1. The van der Waals surface area contributed by atoms with Crippen molar-refractivity contribution in [1.29, 1.82) is 5.26 Å². The van der Waals surface area contributed by atoms with Crippen LogP contribution >= 0.6 is 0 Å². The fourth-order valence-corrected chi connectivity index (χ4v) is 0.887. The van der Waals surface area contributed by atoms with Gasteiger partial charge < -0.3 is 0 Å². The van der Waals surface area contributed by atoms with Crippen LogP contribution < -0.4 is 0 Å². The van der Waals surface area contributed by atoms with Crippen LogP contribution in [0.3, 0.4) is 0 Å². The molecule has 2 nitrogen and oxygen atoms in total. The van der Waals surface area contributed by atoms with E-state index >= 15 is 0 Å². The molecule has 1 unspecified atom stereocenters. The molecule has 0 aromatic heterocycles. The summed E-state index contributed by atoms with van der Waals surface area (Å²) in [6.07, 6.45) is -4.94. The molecule has 13 heavy (non-hydrogen) atoms. The lowest BCUT2D eigenvalue weighted by molar-refractivity contribution is -0.174. The third-order valence-corrected chi connectivity index (χ3v) is 1.46. The average molecular weight is 193 g/mol. The van der Waals surface area contributed by atoms with E-state index < -0.39 is 17.9 Å². The number of halogens is 3. The Bertz CT molecular complexity index is 227. The van der Waals surface area contributed by atoms with Crippen molar-refractivity contribution in [3.63, 3.8) is 0 Å². The van der Waals surface area contributed by atoms with Crippen LogP contribution in [0.2, 0.25) is 0 Å². The highest BCUT2D eigenvalue weighted by Crippen LogP contribution is 2.24. The van der Waals surface area contributed by atoms with E-state index in [-0.39, 0.29) is 12.3 Å². The Morgan fingerprint density at radius 2 is 1.92 bits per heavy atom. The maximum absolute atomic E-state index is 11.8. The van der Waals surface area contributed by atoms with Crippen molar-refractivity contribution >= 4 is 5.78 Å². The quantitative estimate of drug-likeness (QED) is 0.690. The molecule has 0 aliphatic rings. The molecular weight excluding hydrogens is 183 g/mol. The predicted molar refractivity (Wildman–Crippen MR) is 39.6 cm³/mol. The molecule has 0 saturated heterocycles. The Balaban J connectivity index is 4.45. The van der Waals surface area contributed by atoms with E-state index in [4.69, 9.17) is 5.26 Å². The summed E-state index contributed by atoms with van der Waals surface area (Å²) in [4.78, 5) is 10.6. The second-order valence-electron chi connectivity index (χ2n) is 3.17. The van der Waals surface area contributed by atoms with Crippen molar-refractivity contribution in [2.24, 2.45) is 11.8 Å². The Labute approximate surface area is 74.3 Å². The molecule has 0 spiro atoms. The van der Waals surface area contributed by atoms with Crippen LogP contribution in [0.25, 0.3) is 0 Å². The SMILES string of the molecule is CC(C)CC(C#N)C(=O)C(F)(F)F. The Kier molecular flexibility index (Phi) is 3.92. The van der Waals surface area contributed by atoms with E-state index in [1.54, 1.807) is 13.8 Å². The summed E-state index contributed by atoms with van der Waals surface area (Å²) in [6, 6.07) is 1.37. The molecule has 0 heterocycles. The lowest BCUT2D eigenvalue weighted by atomic mass is 9.94. The molecule has 5 heteroatoms. The standard InChI is InChI=1S/C8H10F3NO/c1-5(2)3-6(4-12)7(13)8(9,10)11/h5-6H,3H2,1-2H3. The first kappa shape index (κ1) is 11.9. The van der Waals surface area contributed by atoms with Gasteiger partial charge in [0.25, 0.3) is 5.78 Å². The minimum atomic E-state index is -4.89. The fraction of sp³-hybridized carbons (Fsp3) is 0.750. The number of rotatable bonds is 3. The topological polar surface area (TPSA) is 40.9 Å². The number of carbonyl (C=O) groups is 1. The van der Waals surface area contributed by atoms with Gasteiger partial charge in [-0.15, -0.1) is 0 Å². The second kappa shape index (κ2) is 4.26. The van der Waals surface area contributed by atoms with Crippen molar-refractivity contribution in [3.8, 4) is 6.07 Å². The van der Waals surface area contributed by atoms with E-state index in [0.717, 1.165) is 0 Å². The molecule has 1 atom stereocenters. The van der Waals surface area contributed by atoms with Gasteiger partial charge in [-0.25, -0.2) is 0 Å². The molecule has 0 radical (unpaired) electrons. The first-order valence-electron chi connectivity index (χ1n) is 3.79. The molecule has 0 aliphatic heterocycles. The van der Waals surface area contributed by atoms with Gasteiger partial charge in [-0.3, -0.25) is 4.79 Å². The highest BCUT2D eigenvalue weighted by molar-refractivity contribution is 5.88. The normalized spacial score (nSPS) is 13.9. The zero-order chi connectivity index (χ0) is 10.6. The van der Waals surface area contributed by atoms with Gasteiger partial charge in [-0.05, 0) is 12.3 Å². The van der Waals surface area contributed by atoms with Gasteiger partial charge in [0.1, 0.15) is 5.92 Å². The summed E-state index contributed by atoms with van der Waals surface area (Å²) in [5.74, 6) is -3.60. The van der Waals surface area contributed by atoms with Gasteiger partial charge in [-0.2, -0.15) is 18.4 Å². The predicted octanol–water partition coefficient (Wildman–Crippen LogP) is 2.30. The van der Waals surface area contributed by atoms with E-state index in [1.807, 2.05) is 0 Å². The molecule has 74 valence electrons. The minimum absolute atomic E-state index is 0.0468. The third kappa shape index (κ3) is 3.92. The van der Waals surface area contributed by atoms with Crippen molar-refractivity contribution in [1.82, 2.24) is 0 Å². The van der Waals surface area contributed by atoms with Crippen LogP contribution in [-0.2, 0) is 4.79 Å². The summed E-state index contributed by atoms with van der Waals surface area (Å²) >= 11 is 0. The van der Waals surface area contributed by atoms with Crippen molar-refractivity contribution in [2.45, 2.75) is 26.4 Å². The lowest BCUT2D eigenvalue weighted by Crippen LogP contribution is -2.30. The summed E-state index contributed by atoms with van der Waals surface area (Å²) in [6.45, 7) is 3.32. The molecule has 0 aromatic rings. The van der Waals surface area contributed by atoms with Gasteiger partial charge in [0.15, 0.2) is 0 Å². The lowest BCUT2D eigenvalue weighted by Gasteiger charge is -2.12. The molecule has 0 bridgehead atoms. The van der Waals surface area contributed by atoms with Crippen LogP contribution in [0.4, 0.5) is 13.2 Å². The largest absolute Gasteiger partial charge is 0.451 e. The molecule has 0 amide bonds. The molecule has 0 N–H and O–H groups in total. The first-order valence-corrected chi connectivity index (χ1v) is 3.79. The first-order chi connectivity index (χ1) is 5.79. The summed E-state index contributed by atoms with van der Waals surface area (Å²) in [5, 5.41) is 8.34. The average Bonchev–Trinajstić information content (AvgIpc) is 1.96. The fourth-order valence-electron chi connectivity index (χ4n) is 0.887. The van der Waals surface area contributed by atoms with E-state index in [1.165, 1.54) is 6.07 Å². The molecule has 0 fully saturated rings. The van der Waals surface area contributed by atoms with Crippen molar-refractivity contribution in [3.05, 3.63) is 0 Å². The molecule has 0 rings (SSSR count). The van der Waals surface area contributed by atoms with Crippen molar-refractivity contribution < 1.29 is 18.0 Å². The summed E-state index contributed by atoms with van der Waals surface area (Å²) in [5.41, 5.74) is 0. The number of alkyl halides is 3. The Morgan fingerprint density at radius 3 is 2.15 bits per heavy atom. The summed E-state index contributed by atoms with van der Waals surface area (Å²) in [7, 11) is 0. The smallest absolute Gasteiger partial charge is 0.288 e. The maximum atomic E-state index is 11.8. The van der Waals surface area contributed by atoms with E-state index in [2.05, 4.69) is 0 Å². The number of hydrogen-bond acceptors (Lipinski definition) is 2. The van der Waals surface area contributed by atoms with E-state index in [0.29, 0.717) is 0 Å². The Hall–Kier alpha value is -1.05. The van der Waals surface area contributed by atoms with Gasteiger partial charge in [-0.1, -0.05) is 13.8 Å². The highest BCUT2D eigenvalue weighted by Gasteiger charge is 2.43. The Morgan fingerprint density at radius 1 is 1.46 bits per heavy atom. The molecule has 0 aromatic carbocycles. The number of nitrogens with zero attached hydrogens (tertiary/aromatic N) is 1. The monoisotopic (exact) mass is 193 g/mol. The number of ketones is 1. The molecular formula is C8H10F3NO. The zero-order valence-electron chi connectivity index (χ0n) is 7.35.